The molecule has 3 rings (SSSR count). The summed E-state index contributed by atoms with van der Waals surface area (Å²) in [7, 11) is 0. The SMILES string of the molecule is Cc1cccc(CN(Cc2cccn2Cc2ccc(F)cc2)[C@H](C)C(C)C)c1. The van der Waals surface area contributed by atoms with Crippen molar-refractivity contribution in [3.63, 3.8) is 0 Å². The highest BCUT2D eigenvalue weighted by Crippen LogP contribution is 2.20. The zero-order chi connectivity index (χ0) is 20.1. The lowest BCUT2D eigenvalue weighted by atomic mass is 10.0. The Kier molecular flexibility index (Phi) is 6.69. The summed E-state index contributed by atoms with van der Waals surface area (Å²) >= 11 is 0. The van der Waals surface area contributed by atoms with E-state index in [1.807, 2.05) is 12.1 Å². The molecule has 0 fully saturated rings. The Hall–Kier alpha value is -2.39. The molecule has 0 spiro atoms. The van der Waals surface area contributed by atoms with Gasteiger partial charge in [-0.15, -0.1) is 0 Å². The first-order valence-corrected chi connectivity index (χ1v) is 10.1. The second-order valence-corrected chi connectivity index (χ2v) is 8.13. The number of aromatic nitrogens is 1. The quantitative estimate of drug-likeness (QED) is 0.464. The summed E-state index contributed by atoms with van der Waals surface area (Å²) < 4.78 is 15.5. The summed E-state index contributed by atoms with van der Waals surface area (Å²) in [6, 6.07) is 20.3. The van der Waals surface area contributed by atoms with E-state index >= 15 is 0 Å². The molecule has 0 aliphatic heterocycles. The predicted octanol–water partition coefficient (Wildman–Crippen LogP) is 6.03. The molecule has 0 saturated heterocycles. The van der Waals surface area contributed by atoms with Crippen molar-refractivity contribution < 1.29 is 4.39 Å². The third kappa shape index (κ3) is 5.32. The van der Waals surface area contributed by atoms with Crippen LogP contribution in [0.15, 0.2) is 66.9 Å². The summed E-state index contributed by atoms with van der Waals surface area (Å²) in [4.78, 5) is 2.55. The Balaban J connectivity index is 1.79. The fourth-order valence-electron chi connectivity index (χ4n) is 3.55. The molecular formula is C25H31FN2. The van der Waals surface area contributed by atoms with Crippen molar-refractivity contribution in [1.29, 1.82) is 0 Å². The van der Waals surface area contributed by atoms with Gasteiger partial charge in [0, 0.05) is 37.6 Å². The van der Waals surface area contributed by atoms with Crippen LogP contribution in [0.25, 0.3) is 0 Å². The Morgan fingerprint density at radius 2 is 1.64 bits per heavy atom. The molecule has 0 aliphatic rings. The van der Waals surface area contributed by atoms with E-state index in [9.17, 15) is 4.39 Å². The number of benzene rings is 2. The monoisotopic (exact) mass is 378 g/mol. The van der Waals surface area contributed by atoms with E-state index in [4.69, 9.17) is 0 Å². The third-order valence-corrected chi connectivity index (χ3v) is 5.56. The van der Waals surface area contributed by atoms with Gasteiger partial charge in [-0.25, -0.2) is 4.39 Å². The van der Waals surface area contributed by atoms with Crippen LogP contribution in [0.4, 0.5) is 4.39 Å². The predicted molar refractivity (Wildman–Crippen MR) is 115 cm³/mol. The molecule has 0 N–H and O–H groups in total. The summed E-state index contributed by atoms with van der Waals surface area (Å²) in [6.07, 6.45) is 2.11. The van der Waals surface area contributed by atoms with Crippen LogP contribution in [0.2, 0.25) is 0 Å². The van der Waals surface area contributed by atoms with Crippen molar-refractivity contribution >= 4 is 0 Å². The minimum atomic E-state index is -0.188. The number of rotatable bonds is 8. The van der Waals surface area contributed by atoms with Gasteiger partial charge in [-0.1, -0.05) is 55.8 Å². The van der Waals surface area contributed by atoms with E-state index in [2.05, 4.69) is 79.8 Å². The van der Waals surface area contributed by atoms with Gasteiger partial charge in [0.2, 0.25) is 0 Å². The van der Waals surface area contributed by atoms with Crippen molar-refractivity contribution in [2.75, 3.05) is 0 Å². The molecule has 0 amide bonds. The molecule has 3 heteroatoms. The fourth-order valence-corrected chi connectivity index (χ4v) is 3.55. The molecule has 3 aromatic rings. The molecule has 2 aromatic carbocycles. The third-order valence-electron chi connectivity index (χ3n) is 5.56. The Bertz CT molecular complexity index is 880. The van der Waals surface area contributed by atoms with Crippen LogP contribution in [0.3, 0.4) is 0 Å². The van der Waals surface area contributed by atoms with E-state index in [-0.39, 0.29) is 5.82 Å². The van der Waals surface area contributed by atoms with Crippen molar-refractivity contribution in [2.24, 2.45) is 5.92 Å². The van der Waals surface area contributed by atoms with Gasteiger partial charge in [0.25, 0.3) is 0 Å². The van der Waals surface area contributed by atoms with E-state index in [1.54, 1.807) is 0 Å². The first-order chi connectivity index (χ1) is 13.4. The largest absolute Gasteiger partial charge is 0.346 e. The van der Waals surface area contributed by atoms with Crippen LogP contribution in [-0.2, 0) is 19.6 Å². The lowest BCUT2D eigenvalue weighted by Gasteiger charge is -2.32. The summed E-state index contributed by atoms with van der Waals surface area (Å²) in [5.41, 5.74) is 5.05. The van der Waals surface area contributed by atoms with Gasteiger partial charge in [0.05, 0.1) is 0 Å². The minimum Gasteiger partial charge on any atom is -0.346 e. The van der Waals surface area contributed by atoms with Gasteiger partial charge >= 0.3 is 0 Å². The van der Waals surface area contributed by atoms with E-state index in [0.717, 1.165) is 25.2 Å². The summed E-state index contributed by atoms with van der Waals surface area (Å²) in [6.45, 7) is 11.6. The molecule has 0 aliphatic carbocycles. The maximum Gasteiger partial charge on any atom is 0.123 e. The topological polar surface area (TPSA) is 8.17 Å². The van der Waals surface area contributed by atoms with E-state index < -0.39 is 0 Å². The van der Waals surface area contributed by atoms with Crippen LogP contribution in [0, 0.1) is 18.7 Å². The molecule has 2 nitrogen and oxygen atoms in total. The number of halogens is 1. The average molecular weight is 379 g/mol. The summed E-state index contributed by atoms with van der Waals surface area (Å²) in [5, 5.41) is 0. The zero-order valence-electron chi connectivity index (χ0n) is 17.4. The average Bonchev–Trinajstić information content (AvgIpc) is 3.09. The molecule has 1 heterocycles. The van der Waals surface area contributed by atoms with Gasteiger partial charge in [0.15, 0.2) is 0 Å². The molecule has 0 unspecified atom stereocenters. The smallest absolute Gasteiger partial charge is 0.123 e. The summed E-state index contributed by atoms with van der Waals surface area (Å²) in [5.74, 6) is 0.386. The standard InChI is InChI=1S/C25H31FN2/c1-19(2)21(4)28(17-23-8-5-7-20(3)15-23)18-25-9-6-14-27(25)16-22-10-12-24(26)13-11-22/h5-15,19,21H,16-18H2,1-4H3/t21-/m1/s1. The number of hydrogen-bond acceptors (Lipinski definition) is 1. The first-order valence-electron chi connectivity index (χ1n) is 10.1. The first kappa shape index (κ1) is 20.3. The Labute approximate surface area is 168 Å². The maximum atomic E-state index is 13.2. The lowest BCUT2D eigenvalue weighted by molar-refractivity contribution is 0.148. The van der Waals surface area contributed by atoms with Crippen molar-refractivity contribution in [3.8, 4) is 0 Å². The van der Waals surface area contributed by atoms with Gasteiger partial charge in [0.1, 0.15) is 5.82 Å². The zero-order valence-corrected chi connectivity index (χ0v) is 17.4. The molecule has 1 atom stereocenters. The molecule has 1 aromatic heterocycles. The van der Waals surface area contributed by atoms with Crippen LogP contribution in [-0.4, -0.2) is 15.5 Å². The number of hydrogen-bond donors (Lipinski definition) is 0. The lowest BCUT2D eigenvalue weighted by Crippen LogP contribution is -2.36. The Morgan fingerprint density at radius 1 is 0.893 bits per heavy atom. The number of aryl methyl sites for hydroxylation is 1. The van der Waals surface area contributed by atoms with Crippen LogP contribution >= 0.6 is 0 Å². The van der Waals surface area contributed by atoms with Gasteiger partial charge < -0.3 is 4.57 Å². The van der Waals surface area contributed by atoms with Crippen molar-refractivity contribution in [3.05, 3.63) is 95.1 Å². The second-order valence-electron chi connectivity index (χ2n) is 8.13. The highest BCUT2D eigenvalue weighted by molar-refractivity contribution is 5.23. The fraction of sp³-hybridized carbons (Fsp3) is 0.360. The maximum absolute atomic E-state index is 13.2. The van der Waals surface area contributed by atoms with Gasteiger partial charge in [-0.3, -0.25) is 4.90 Å². The highest BCUT2D eigenvalue weighted by Gasteiger charge is 2.19. The van der Waals surface area contributed by atoms with Crippen LogP contribution < -0.4 is 0 Å². The van der Waals surface area contributed by atoms with Crippen LogP contribution in [0.5, 0.6) is 0 Å². The van der Waals surface area contributed by atoms with E-state index in [0.29, 0.717) is 12.0 Å². The van der Waals surface area contributed by atoms with Crippen molar-refractivity contribution in [1.82, 2.24) is 9.47 Å². The minimum absolute atomic E-state index is 0.188. The molecule has 0 radical (unpaired) electrons. The molecule has 0 bridgehead atoms. The molecule has 28 heavy (non-hydrogen) atoms. The van der Waals surface area contributed by atoms with E-state index in [1.165, 1.54) is 29.0 Å². The molecule has 0 saturated carbocycles. The molecule has 148 valence electrons. The normalized spacial score (nSPS) is 12.7. The second kappa shape index (κ2) is 9.20. The van der Waals surface area contributed by atoms with Crippen molar-refractivity contribution in [2.45, 2.75) is 53.4 Å². The number of nitrogens with zero attached hydrogens (tertiary/aromatic N) is 2. The highest BCUT2D eigenvalue weighted by atomic mass is 19.1. The van der Waals surface area contributed by atoms with Gasteiger partial charge in [-0.05, 0) is 55.2 Å². The van der Waals surface area contributed by atoms with Crippen LogP contribution in [0.1, 0.15) is 43.2 Å². The molecular weight excluding hydrogens is 347 g/mol. The van der Waals surface area contributed by atoms with Gasteiger partial charge in [-0.2, -0.15) is 0 Å². The Morgan fingerprint density at radius 3 is 2.32 bits per heavy atom.